The molecule has 0 radical (unpaired) electrons. The van der Waals surface area contributed by atoms with Gasteiger partial charge in [0.15, 0.2) is 0 Å². The quantitative estimate of drug-likeness (QED) is 0.575. The highest BCUT2D eigenvalue weighted by atomic mass is 19.4. The Hall–Kier alpha value is -3.41. The number of nitrogens with two attached hydrogens (primary N) is 1. The summed E-state index contributed by atoms with van der Waals surface area (Å²) in [5.74, 6) is -0.783. The summed E-state index contributed by atoms with van der Waals surface area (Å²) in [6, 6.07) is 3.59. The number of amides is 1. The van der Waals surface area contributed by atoms with Gasteiger partial charge >= 0.3 is 12.7 Å². The van der Waals surface area contributed by atoms with Gasteiger partial charge in [0, 0.05) is 37.1 Å². The molecule has 1 amide bonds. The van der Waals surface area contributed by atoms with Crippen LogP contribution >= 0.6 is 0 Å². The Bertz CT molecular complexity index is 1190. The van der Waals surface area contributed by atoms with Gasteiger partial charge in [-0.3, -0.25) is 14.7 Å². The number of fused-ring (bicyclic) bond motifs is 1. The molecule has 0 fully saturated rings. The van der Waals surface area contributed by atoms with Crippen molar-refractivity contribution in [1.29, 1.82) is 0 Å². The van der Waals surface area contributed by atoms with Crippen LogP contribution in [0.25, 0.3) is 11.1 Å². The van der Waals surface area contributed by atoms with Crippen molar-refractivity contribution in [3.63, 3.8) is 0 Å². The number of alkyl halides is 5. The van der Waals surface area contributed by atoms with Crippen LogP contribution in [0.5, 0.6) is 0 Å². The molecular weight excluding hydrogens is 447 g/mol. The number of aromatic nitrogens is 4. The van der Waals surface area contributed by atoms with E-state index in [-0.39, 0.29) is 12.2 Å². The first-order chi connectivity index (χ1) is 15.5. The molecule has 0 spiro atoms. The highest BCUT2D eigenvalue weighted by Gasteiger charge is 2.33. The maximum Gasteiger partial charge on any atom is 0.433 e. The summed E-state index contributed by atoms with van der Waals surface area (Å²) < 4.78 is 65.7. The maximum absolute atomic E-state index is 13.1. The fourth-order valence-corrected chi connectivity index (χ4v) is 3.93. The number of hydrogen-bond acceptors (Lipinski definition) is 5. The van der Waals surface area contributed by atoms with Crippen molar-refractivity contribution in [2.45, 2.75) is 38.7 Å². The van der Waals surface area contributed by atoms with Crippen LogP contribution in [0.3, 0.4) is 0 Å². The predicted molar refractivity (Wildman–Crippen MR) is 107 cm³/mol. The van der Waals surface area contributed by atoms with Crippen LogP contribution in [-0.2, 0) is 19.1 Å². The molecule has 174 valence electrons. The van der Waals surface area contributed by atoms with Crippen LogP contribution in [0.2, 0.25) is 0 Å². The topological polar surface area (TPSA) is 89.9 Å². The summed E-state index contributed by atoms with van der Waals surface area (Å²) in [5, 5.41) is 3.65. The van der Waals surface area contributed by atoms with Gasteiger partial charge in [-0.05, 0) is 48.2 Å². The lowest BCUT2D eigenvalue weighted by atomic mass is 9.93. The number of primary amides is 1. The fraction of sp³-hybridized carbons (Fsp3) is 0.333. The molecule has 0 saturated heterocycles. The molecule has 1 aliphatic rings. The Kier molecular flexibility index (Phi) is 5.87. The zero-order valence-corrected chi connectivity index (χ0v) is 17.4. The van der Waals surface area contributed by atoms with Gasteiger partial charge in [0.1, 0.15) is 11.4 Å². The van der Waals surface area contributed by atoms with E-state index in [1.54, 1.807) is 6.92 Å². The van der Waals surface area contributed by atoms with Gasteiger partial charge in [0.25, 0.3) is 5.91 Å². The van der Waals surface area contributed by atoms with E-state index in [1.165, 1.54) is 24.5 Å². The summed E-state index contributed by atoms with van der Waals surface area (Å²) in [6.45, 7) is -0.334. The highest BCUT2D eigenvalue weighted by molar-refractivity contribution is 5.92. The molecule has 7 nitrogen and oxygen atoms in total. The van der Waals surface area contributed by atoms with Crippen LogP contribution in [0, 0.1) is 0 Å². The Balaban J connectivity index is 1.68. The third kappa shape index (κ3) is 4.56. The first kappa shape index (κ1) is 22.8. The van der Waals surface area contributed by atoms with E-state index < -0.39 is 30.4 Å². The number of pyridine rings is 2. The van der Waals surface area contributed by atoms with Crippen LogP contribution in [0.4, 0.5) is 22.0 Å². The van der Waals surface area contributed by atoms with E-state index >= 15 is 0 Å². The molecule has 1 aliphatic heterocycles. The molecule has 0 aromatic carbocycles. The molecule has 0 saturated carbocycles. The summed E-state index contributed by atoms with van der Waals surface area (Å²) in [4.78, 5) is 21.5. The van der Waals surface area contributed by atoms with E-state index in [4.69, 9.17) is 5.73 Å². The third-order valence-electron chi connectivity index (χ3n) is 5.68. The van der Waals surface area contributed by atoms with Crippen LogP contribution in [0.15, 0.2) is 36.8 Å². The molecule has 1 atom stereocenters. The van der Waals surface area contributed by atoms with Crippen molar-refractivity contribution >= 4 is 5.91 Å². The number of nitrogens with zero attached hydrogens (tertiary/aromatic N) is 5. The molecule has 3 aromatic rings. The van der Waals surface area contributed by atoms with Gasteiger partial charge < -0.3 is 5.73 Å². The van der Waals surface area contributed by atoms with Gasteiger partial charge in [-0.2, -0.15) is 27.1 Å². The second kappa shape index (κ2) is 8.50. The van der Waals surface area contributed by atoms with Crippen molar-refractivity contribution in [3.8, 4) is 11.1 Å². The normalized spacial score (nSPS) is 15.5. The van der Waals surface area contributed by atoms with Crippen LogP contribution in [0.1, 0.15) is 52.5 Å². The minimum absolute atomic E-state index is 0.0358. The van der Waals surface area contributed by atoms with Crippen molar-refractivity contribution in [1.82, 2.24) is 24.6 Å². The van der Waals surface area contributed by atoms with E-state index in [0.29, 0.717) is 40.0 Å². The molecule has 4 rings (SSSR count). The second-order valence-corrected chi connectivity index (χ2v) is 7.70. The monoisotopic (exact) mass is 466 g/mol. The Morgan fingerprint density at radius 1 is 1.24 bits per heavy atom. The van der Waals surface area contributed by atoms with Gasteiger partial charge in [-0.1, -0.05) is 0 Å². The number of halogens is 5. The maximum atomic E-state index is 13.1. The SMILES string of the molecule is CC(c1ccnc(C(F)(F)F)c1)N1CCc2c(-c3cnn(C(F)F)c3)cc(C(N)=O)nc2C1. The smallest absolute Gasteiger partial charge is 0.364 e. The standard InChI is InChI=1S/C21H19F5N6O/c1-11(12-2-4-28-18(6-12)21(24,25)26)31-5-3-14-15(13-8-29-32(9-13)20(22)23)7-16(19(27)33)30-17(14)10-31/h2,4,6-9,11,20H,3,5,10H2,1H3,(H2,27,33). The van der Waals surface area contributed by atoms with Gasteiger partial charge in [0.05, 0.1) is 11.9 Å². The molecule has 3 aromatic heterocycles. The van der Waals surface area contributed by atoms with E-state index in [2.05, 4.69) is 15.1 Å². The van der Waals surface area contributed by atoms with Crippen molar-refractivity contribution < 1.29 is 26.7 Å². The molecule has 0 bridgehead atoms. The Labute approximate surface area is 185 Å². The van der Waals surface area contributed by atoms with E-state index in [0.717, 1.165) is 17.8 Å². The molecule has 12 heteroatoms. The average Bonchev–Trinajstić information content (AvgIpc) is 3.27. The zero-order valence-electron chi connectivity index (χ0n) is 17.4. The zero-order chi connectivity index (χ0) is 23.9. The average molecular weight is 466 g/mol. The summed E-state index contributed by atoms with van der Waals surface area (Å²) in [6.07, 6.45) is -0.542. The van der Waals surface area contributed by atoms with E-state index in [9.17, 15) is 26.7 Å². The molecule has 1 unspecified atom stereocenters. The minimum Gasteiger partial charge on any atom is -0.364 e. The first-order valence-corrected chi connectivity index (χ1v) is 9.97. The molecule has 0 aliphatic carbocycles. The molecule has 4 heterocycles. The predicted octanol–water partition coefficient (Wildman–Crippen LogP) is 3.97. The number of carbonyl (C=O) groups excluding carboxylic acids is 1. The van der Waals surface area contributed by atoms with E-state index in [1.807, 2.05) is 4.90 Å². The number of carbonyl (C=O) groups is 1. The summed E-state index contributed by atoms with van der Waals surface area (Å²) in [5.41, 5.74) is 7.02. The summed E-state index contributed by atoms with van der Waals surface area (Å²) in [7, 11) is 0. The second-order valence-electron chi connectivity index (χ2n) is 7.70. The van der Waals surface area contributed by atoms with Crippen molar-refractivity contribution in [3.05, 3.63) is 65.0 Å². The third-order valence-corrected chi connectivity index (χ3v) is 5.68. The van der Waals surface area contributed by atoms with Crippen LogP contribution in [-0.4, -0.2) is 37.1 Å². The van der Waals surface area contributed by atoms with Gasteiger partial charge in [-0.15, -0.1) is 0 Å². The lowest BCUT2D eigenvalue weighted by molar-refractivity contribution is -0.141. The largest absolute Gasteiger partial charge is 0.433 e. The highest BCUT2D eigenvalue weighted by Crippen LogP contribution is 2.35. The Morgan fingerprint density at radius 3 is 2.64 bits per heavy atom. The fourth-order valence-electron chi connectivity index (χ4n) is 3.93. The number of hydrogen-bond donors (Lipinski definition) is 1. The van der Waals surface area contributed by atoms with Crippen LogP contribution < -0.4 is 5.73 Å². The van der Waals surface area contributed by atoms with Crippen molar-refractivity contribution in [2.75, 3.05) is 6.54 Å². The molecular formula is C21H19F5N6O. The van der Waals surface area contributed by atoms with Crippen molar-refractivity contribution in [2.24, 2.45) is 5.73 Å². The van der Waals surface area contributed by atoms with Gasteiger partial charge in [0.2, 0.25) is 0 Å². The molecule has 2 N–H and O–H groups in total. The molecule has 33 heavy (non-hydrogen) atoms. The lowest BCUT2D eigenvalue weighted by Gasteiger charge is -2.34. The number of rotatable bonds is 5. The van der Waals surface area contributed by atoms with Gasteiger partial charge in [-0.25, -0.2) is 9.67 Å². The lowest BCUT2D eigenvalue weighted by Crippen LogP contribution is -2.34. The first-order valence-electron chi connectivity index (χ1n) is 9.97. The Morgan fingerprint density at radius 2 is 2.00 bits per heavy atom. The minimum atomic E-state index is -4.56. The summed E-state index contributed by atoms with van der Waals surface area (Å²) >= 11 is 0.